The first-order valence-electron chi connectivity index (χ1n) is 11.5. The molecule has 0 radical (unpaired) electrons. The lowest BCUT2D eigenvalue weighted by Gasteiger charge is -2.13. The quantitative estimate of drug-likeness (QED) is 0.404. The number of benzene rings is 2. The van der Waals surface area contributed by atoms with Crippen molar-refractivity contribution in [3.8, 4) is 16.9 Å². The topological polar surface area (TPSA) is 117 Å². The highest BCUT2D eigenvalue weighted by atomic mass is 32.2. The maximum Gasteiger partial charge on any atom is 0.354 e. The van der Waals surface area contributed by atoms with Crippen LogP contribution in [0.4, 0.5) is 5.82 Å². The van der Waals surface area contributed by atoms with Crippen LogP contribution in [0.2, 0.25) is 0 Å². The van der Waals surface area contributed by atoms with E-state index in [1.807, 2.05) is 30.3 Å². The fraction of sp³-hybridized carbons (Fsp3) is 0.185. The largest absolute Gasteiger partial charge is 0.469 e. The molecular formula is C27H24N4O4S. The highest BCUT2D eigenvalue weighted by molar-refractivity contribution is 7.85. The molecule has 1 aliphatic carbocycles. The number of nitrogens with zero attached hydrogens (tertiary/aromatic N) is 3. The zero-order valence-corrected chi connectivity index (χ0v) is 20.5. The second kappa shape index (κ2) is 9.87. The number of nitrogens with two attached hydrogens (primary N) is 1. The van der Waals surface area contributed by atoms with Crippen LogP contribution < -0.4 is 11.4 Å². The second-order valence-electron chi connectivity index (χ2n) is 8.51. The van der Waals surface area contributed by atoms with Crippen molar-refractivity contribution >= 4 is 22.6 Å². The SMILES string of the molecule is COC(=O)Cc1ccc(S(=O)c2cc(-c3cccc(-n4ccc(N)nc4=O)c3)nc3c2CCC3)cc1. The van der Waals surface area contributed by atoms with Gasteiger partial charge in [0.2, 0.25) is 0 Å². The number of anilines is 1. The average Bonchev–Trinajstić information content (AvgIpc) is 3.37. The van der Waals surface area contributed by atoms with E-state index >= 15 is 0 Å². The van der Waals surface area contributed by atoms with Gasteiger partial charge in [-0.05, 0) is 66.8 Å². The minimum Gasteiger partial charge on any atom is -0.469 e. The average molecular weight is 501 g/mol. The molecule has 182 valence electrons. The molecule has 0 bridgehead atoms. The van der Waals surface area contributed by atoms with Crippen LogP contribution in [0.15, 0.2) is 81.4 Å². The molecule has 0 amide bonds. The Bertz CT molecular complexity index is 1550. The van der Waals surface area contributed by atoms with E-state index in [0.29, 0.717) is 16.3 Å². The minimum absolute atomic E-state index is 0.165. The van der Waals surface area contributed by atoms with Crippen molar-refractivity contribution in [3.05, 3.63) is 94.2 Å². The van der Waals surface area contributed by atoms with Crippen molar-refractivity contribution in [3.63, 3.8) is 0 Å². The molecule has 1 unspecified atom stereocenters. The van der Waals surface area contributed by atoms with Gasteiger partial charge in [-0.3, -0.25) is 14.3 Å². The van der Waals surface area contributed by atoms with Gasteiger partial charge in [0.05, 0.1) is 40.6 Å². The van der Waals surface area contributed by atoms with Crippen LogP contribution in [-0.4, -0.2) is 31.8 Å². The predicted octanol–water partition coefficient (Wildman–Crippen LogP) is 3.25. The van der Waals surface area contributed by atoms with Gasteiger partial charge in [-0.2, -0.15) is 4.98 Å². The zero-order chi connectivity index (χ0) is 25.2. The third-order valence-corrected chi connectivity index (χ3v) is 7.63. The van der Waals surface area contributed by atoms with E-state index in [1.165, 1.54) is 11.7 Å². The summed E-state index contributed by atoms with van der Waals surface area (Å²) in [6.07, 6.45) is 4.37. The number of esters is 1. The highest BCUT2D eigenvalue weighted by Crippen LogP contribution is 2.33. The third-order valence-electron chi connectivity index (χ3n) is 6.17. The zero-order valence-electron chi connectivity index (χ0n) is 19.6. The number of methoxy groups -OCH3 is 1. The van der Waals surface area contributed by atoms with E-state index in [4.69, 9.17) is 15.5 Å². The highest BCUT2D eigenvalue weighted by Gasteiger charge is 2.23. The summed E-state index contributed by atoms with van der Waals surface area (Å²) >= 11 is 0. The Balaban J connectivity index is 1.52. The molecule has 9 heteroatoms. The van der Waals surface area contributed by atoms with Gasteiger partial charge in [-0.15, -0.1) is 0 Å². The van der Waals surface area contributed by atoms with Crippen molar-refractivity contribution in [1.29, 1.82) is 0 Å². The third kappa shape index (κ3) is 4.70. The summed E-state index contributed by atoms with van der Waals surface area (Å²) in [4.78, 5) is 34.0. The molecular weight excluding hydrogens is 476 g/mol. The van der Waals surface area contributed by atoms with Crippen LogP contribution in [0.3, 0.4) is 0 Å². The van der Waals surface area contributed by atoms with Crippen LogP contribution >= 0.6 is 0 Å². The molecule has 2 heterocycles. The number of aromatic nitrogens is 3. The molecule has 0 fully saturated rings. The van der Waals surface area contributed by atoms with Gasteiger partial charge in [0.15, 0.2) is 0 Å². The number of hydrogen-bond acceptors (Lipinski definition) is 7. The number of nitrogen functional groups attached to an aromatic ring is 1. The summed E-state index contributed by atoms with van der Waals surface area (Å²) in [5.41, 5.74) is 10.1. The normalized spacial score (nSPS) is 13.2. The van der Waals surface area contributed by atoms with Crippen molar-refractivity contribution in [2.45, 2.75) is 35.5 Å². The Hall–Kier alpha value is -4.11. The molecule has 1 aliphatic rings. The standard InChI is InChI=1S/C27H24N4O4S/c1-35-26(32)14-17-8-10-20(11-9-17)36(34)24-16-23(29-22-7-3-6-21(22)24)18-4-2-5-19(15-18)31-13-12-25(28)30-27(31)33/h2,4-5,8-13,15-16H,3,6-7,14H2,1H3,(H2,28,30,33). The molecule has 8 nitrogen and oxygen atoms in total. The van der Waals surface area contributed by atoms with E-state index in [1.54, 1.807) is 36.5 Å². The molecule has 0 aliphatic heterocycles. The summed E-state index contributed by atoms with van der Waals surface area (Å²) in [6, 6.07) is 18.1. The first-order valence-corrected chi connectivity index (χ1v) is 12.6. The number of rotatable bonds is 6. The molecule has 36 heavy (non-hydrogen) atoms. The maximum atomic E-state index is 13.7. The minimum atomic E-state index is -1.42. The Morgan fingerprint density at radius 1 is 1.08 bits per heavy atom. The summed E-state index contributed by atoms with van der Waals surface area (Å²) in [7, 11) is -0.0631. The maximum absolute atomic E-state index is 13.7. The van der Waals surface area contributed by atoms with E-state index in [0.717, 1.165) is 46.5 Å². The van der Waals surface area contributed by atoms with Crippen molar-refractivity contribution in [2.24, 2.45) is 0 Å². The molecule has 0 spiro atoms. The number of hydrogen-bond donors (Lipinski definition) is 1. The molecule has 0 saturated carbocycles. The van der Waals surface area contributed by atoms with Crippen LogP contribution in [0.1, 0.15) is 23.2 Å². The molecule has 1 atom stereocenters. The van der Waals surface area contributed by atoms with E-state index in [9.17, 15) is 13.8 Å². The second-order valence-corrected chi connectivity index (χ2v) is 9.95. The number of pyridine rings is 1. The number of carbonyl (C=O) groups excluding carboxylic acids is 1. The van der Waals surface area contributed by atoms with Crippen LogP contribution in [0, 0.1) is 0 Å². The first-order chi connectivity index (χ1) is 17.4. The Morgan fingerprint density at radius 3 is 2.64 bits per heavy atom. The molecule has 2 aromatic carbocycles. The number of fused-ring (bicyclic) bond motifs is 1. The first kappa shape index (κ1) is 23.6. The number of aryl methyl sites for hydroxylation is 1. The Labute approximate surface area is 210 Å². The van der Waals surface area contributed by atoms with Crippen molar-refractivity contribution in [1.82, 2.24) is 14.5 Å². The Kier molecular flexibility index (Phi) is 6.47. The summed E-state index contributed by atoms with van der Waals surface area (Å²) in [5, 5.41) is 0. The fourth-order valence-electron chi connectivity index (χ4n) is 4.34. The van der Waals surface area contributed by atoms with Gasteiger partial charge in [-0.25, -0.2) is 9.00 Å². The lowest BCUT2D eigenvalue weighted by Crippen LogP contribution is -2.21. The van der Waals surface area contributed by atoms with Crippen LogP contribution in [-0.2, 0) is 39.6 Å². The Morgan fingerprint density at radius 2 is 1.89 bits per heavy atom. The summed E-state index contributed by atoms with van der Waals surface area (Å²) in [5.74, 6) is -0.155. The van der Waals surface area contributed by atoms with Gasteiger partial charge in [0.25, 0.3) is 0 Å². The predicted molar refractivity (Wildman–Crippen MR) is 136 cm³/mol. The van der Waals surface area contributed by atoms with Gasteiger partial charge in [0.1, 0.15) is 5.82 Å². The van der Waals surface area contributed by atoms with Crippen LogP contribution in [0.5, 0.6) is 0 Å². The van der Waals surface area contributed by atoms with E-state index in [2.05, 4.69) is 4.98 Å². The molecule has 5 rings (SSSR count). The number of carbonyl (C=O) groups is 1. The smallest absolute Gasteiger partial charge is 0.354 e. The fourth-order valence-corrected chi connectivity index (χ4v) is 5.64. The van der Waals surface area contributed by atoms with Gasteiger partial charge in [-0.1, -0.05) is 24.3 Å². The lowest BCUT2D eigenvalue weighted by atomic mass is 10.1. The van der Waals surface area contributed by atoms with Crippen LogP contribution in [0.25, 0.3) is 16.9 Å². The summed E-state index contributed by atoms with van der Waals surface area (Å²) in [6.45, 7) is 0. The monoisotopic (exact) mass is 500 g/mol. The van der Waals surface area contributed by atoms with Gasteiger partial charge in [0, 0.05) is 22.3 Å². The van der Waals surface area contributed by atoms with Crippen molar-refractivity contribution in [2.75, 3.05) is 12.8 Å². The molecule has 4 aromatic rings. The van der Waals surface area contributed by atoms with E-state index < -0.39 is 16.5 Å². The molecule has 2 N–H and O–H groups in total. The summed E-state index contributed by atoms with van der Waals surface area (Å²) < 4.78 is 19.8. The molecule has 0 saturated heterocycles. The van der Waals surface area contributed by atoms with Gasteiger partial charge < -0.3 is 10.5 Å². The lowest BCUT2D eigenvalue weighted by molar-refractivity contribution is -0.139. The molecule has 2 aromatic heterocycles. The van der Waals surface area contributed by atoms with Gasteiger partial charge >= 0.3 is 11.7 Å². The number of ether oxygens (including phenoxy) is 1. The van der Waals surface area contributed by atoms with E-state index in [-0.39, 0.29) is 18.2 Å². The van der Waals surface area contributed by atoms with Crippen molar-refractivity contribution < 1.29 is 13.7 Å².